The summed E-state index contributed by atoms with van der Waals surface area (Å²) in [6.45, 7) is 4.24. The Kier molecular flexibility index (Phi) is 9.60. The third-order valence-electron chi connectivity index (χ3n) is 10.1. The third kappa shape index (κ3) is 6.27. The summed E-state index contributed by atoms with van der Waals surface area (Å²) >= 11 is 0. The summed E-state index contributed by atoms with van der Waals surface area (Å²) in [4.78, 5) is 0. The normalized spacial score (nSPS) is 37.0. The van der Waals surface area contributed by atoms with E-state index in [0.29, 0.717) is 24.3 Å². The molecule has 35 heavy (non-hydrogen) atoms. The second-order valence-electron chi connectivity index (χ2n) is 12.1. The van der Waals surface area contributed by atoms with Crippen LogP contribution in [0, 0.1) is 41.4 Å². The molecular weight excluding hydrogens is 448 g/mol. The third-order valence-corrected chi connectivity index (χ3v) is 10.1. The number of halogens is 4. The summed E-state index contributed by atoms with van der Waals surface area (Å²) in [6, 6.07) is 0. The maximum absolute atomic E-state index is 15.2. The van der Waals surface area contributed by atoms with Gasteiger partial charge in [0, 0.05) is 17.8 Å². The van der Waals surface area contributed by atoms with Gasteiger partial charge in [0.25, 0.3) is 0 Å². The quantitative estimate of drug-likeness (QED) is 0.294. The van der Waals surface area contributed by atoms with Gasteiger partial charge in [-0.05, 0) is 106 Å². The van der Waals surface area contributed by atoms with Gasteiger partial charge in [-0.3, -0.25) is 0 Å². The molecule has 198 valence electrons. The van der Waals surface area contributed by atoms with Crippen LogP contribution in [0.15, 0.2) is 35.0 Å². The van der Waals surface area contributed by atoms with Gasteiger partial charge in [-0.2, -0.15) is 0 Å². The van der Waals surface area contributed by atoms with E-state index in [4.69, 9.17) is 0 Å². The molecule has 0 aromatic heterocycles. The van der Waals surface area contributed by atoms with Gasteiger partial charge in [-0.1, -0.05) is 45.6 Å². The molecule has 0 amide bonds. The zero-order chi connectivity index (χ0) is 24.9. The van der Waals surface area contributed by atoms with Gasteiger partial charge in [0.1, 0.15) is 17.5 Å². The molecule has 0 heterocycles. The second-order valence-corrected chi connectivity index (χ2v) is 12.1. The lowest BCUT2D eigenvalue weighted by molar-refractivity contribution is 0.183. The maximum Gasteiger partial charge on any atom is 0.158 e. The minimum absolute atomic E-state index is 0.191. The Labute approximate surface area is 210 Å². The molecule has 4 aliphatic carbocycles. The van der Waals surface area contributed by atoms with E-state index in [-0.39, 0.29) is 29.6 Å². The average molecular weight is 495 g/mol. The van der Waals surface area contributed by atoms with E-state index < -0.39 is 23.3 Å². The van der Waals surface area contributed by atoms with Crippen molar-refractivity contribution in [3.63, 3.8) is 0 Å². The molecule has 4 heteroatoms. The lowest BCUT2D eigenvalue weighted by Crippen LogP contribution is -2.26. The molecule has 4 aliphatic rings. The first-order chi connectivity index (χ1) is 16.9. The van der Waals surface area contributed by atoms with Crippen LogP contribution in [0.5, 0.6) is 0 Å². The van der Waals surface area contributed by atoms with Crippen LogP contribution in [0.1, 0.15) is 117 Å². The summed E-state index contributed by atoms with van der Waals surface area (Å²) in [5.74, 6) is -1.17. The zero-order valence-corrected chi connectivity index (χ0v) is 21.9. The van der Waals surface area contributed by atoms with Crippen molar-refractivity contribution in [1.29, 1.82) is 0 Å². The Hall–Kier alpha value is -1.06. The SMILES string of the molecule is CCCC1CCC(CCC2CCC(C3CC=C(C4CCC(CC)CC4)C(F)=C3F)CC2)C(F)=C1F. The van der Waals surface area contributed by atoms with E-state index in [0.717, 1.165) is 89.4 Å². The minimum Gasteiger partial charge on any atom is -0.209 e. The molecule has 0 nitrogen and oxygen atoms in total. The van der Waals surface area contributed by atoms with Crippen LogP contribution < -0.4 is 0 Å². The molecule has 0 aliphatic heterocycles. The fourth-order valence-corrected chi connectivity index (χ4v) is 7.63. The summed E-state index contributed by atoms with van der Waals surface area (Å²) in [7, 11) is 0. The Bertz CT molecular complexity index is 793. The first kappa shape index (κ1) is 27.0. The summed E-state index contributed by atoms with van der Waals surface area (Å²) in [5, 5.41) is 0. The predicted octanol–water partition coefficient (Wildman–Crippen LogP) is 10.9. The highest BCUT2D eigenvalue weighted by molar-refractivity contribution is 5.35. The molecule has 0 radical (unpaired) electrons. The smallest absolute Gasteiger partial charge is 0.158 e. The standard InChI is InChI=1S/C31H46F4/c1-3-5-24-16-17-25(29(33)28(24)32)15-10-21-8-13-23(14-9-21)27-19-18-26(30(34)31(27)35)22-11-6-20(4-2)7-12-22/h18,20-25,27H,3-17,19H2,1-2H3. The van der Waals surface area contributed by atoms with Crippen LogP contribution >= 0.6 is 0 Å². The first-order valence-corrected chi connectivity index (χ1v) is 14.7. The van der Waals surface area contributed by atoms with Gasteiger partial charge >= 0.3 is 0 Å². The fraction of sp³-hybridized carbons (Fsp3) is 0.806. The van der Waals surface area contributed by atoms with Crippen LogP contribution in [0.3, 0.4) is 0 Å². The molecule has 0 aromatic carbocycles. The monoisotopic (exact) mass is 494 g/mol. The van der Waals surface area contributed by atoms with Gasteiger partial charge in [-0.15, -0.1) is 0 Å². The molecule has 2 saturated carbocycles. The second kappa shape index (κ2) is 12.5. The van der Waals surface area contributed by atoms with Crippen molar-refractivity contribution in [3.8, 4) is 0 Å². The summed E-state index contributed by atoms with van der Waals surface area (Å²) in [5.41, 5.74) is 0.651. The Morgan fingerprint density at radius 3 is 1.86 bits per heavy atom. The van der Waals surface area contributed by atoms with Gasteiger partial charge in [-0.25, -0.2) is 17.6 Å². The molecule has 3 unspecified atom stereocenters. The van der Waals surface area contributed by atoms with Crippen LogP contribution in [-0.2, 0) is 0 Å². The van der Waals surface area contributed by atoms with Crippen LogP contribution in [-0.4, -0.2) is 0 Å². The fourth-order valence-electron chi connectivity index (χ4n) is 7.63. The van der Waals surface area contributed by atoms with Crippen molar-refractivity contribution in [2.75, 3.05) is 0 Å². The Balaban J connectivity index is 1.25. The van der Waals surface area contributed by atoms with Crippen molar-refractivity contribution in [3.05, 3.63) is 35.0 Å². The van der Waals surface area contributed by atoms with Gasteiger partial charge in [0.05, 0.1) is 0 Å². The van der Waals surface area contributed by atoms with Crippen molar-refractivity contribution < 1.29 is 17.6 Å². The molecule has 0 saturated heterocycles. The van der Waals surface area contributed by atoms with Crippen LogP contribution in [0.25, 0.3) is 0 Å². The molecule has 0 aromatic rings. The number of hydrogen-bond acceptors (Lipinski definition) is 0. The van der Waals surface area contributed by atoms with E-state index in [1.807, 2.05) is 13.0 Å². The lowest BCUT2D eigenvalue weighted by atomic mass is 9.69. The van der Waals surface area contributed by atoms with Crippen molar-refractivity contribution in [2.45, 2.75) is 117 Å². The first-order valence-electron chi connectivity index (χ1n) is 14.7. The highest BCUT2D eigenvalue weighted by Crippen LogP contribution is 2.48. The minimum atomic E-state index is -0.550. The molecule has 4 rings (SSSR count). The van der Waals surface area contributed by atoms with Crippen molar-refractivity contribution in [1.82, 2.24) is 0 Å². The molecular formula is C31H46F4. The topological polar surface area (TPSA) is 0 Å². The van der Waals surface area contributed by atoms with E-state index >= 15 is 8.78 Å². The summed E-state index contributed by atoms with van der Waals surface area (Å²) in [6.07, 6.45) is 16.7. The number of hydrogen-bond donors (Lipinski definition) is 0. The van der Waals surface area contributed by atoms with Crippen LogP contribution in [0.2, 0.25) is 0 Å². The molecule has 3 atom stereocenters. The molecule has 0 spiro atoms. The van der Waals surface area contributed by atoms with Gasteiger partial charge in [0.15, 0.2) is 5.83 Å². The van der Waals surface area contributed by atoms with Gasteiger partial charge < -0.3 is 0 Å². The average Bonchev–Trinajstić information content (AvgIpc) is 2.88. The Morgan fingerprint density at radius 1 is 0.657 bits per heavy atom. The van der Waals surface area contributed by atoms with Crippen LogP contribution in [0.4, 0.5) is 17.6 Å². The predicted molar refractivity (Wildman–Crippen MR) is 136 cm³/mol. The van der Waals surface area contributed by atoms with Gasteiger partial charge in [0.2, 0.25) is 0 Å². The largest absolute Gasteiger partial charge is 0.209 e. The van der Waals surface area contributed by atoms with Crippen molar-refractivity contribution in [2.24, 2.45) is 41.4 Å². The van der Waals surface area contributed by atoms with E-state index in [1.165, 1.54) is 6.42 Å². The van der Waals surface area contributed by atoms with E-state index in [9.17, 15) is 8.78 Å². The summed E-state index contributed by atoms with van der Waals surface area (Å²) < 4.78 is 59.3. The highest BCUT2D eigenvalue weighted by atomic mass is 19.2. The molecule has 0 N–H and O–H groups in total. The Morgan fingerprint density at radius 2 is 1.26 bits per heavy atom. The number of allylic oxidation sites excluding steroid dienone is 6. The zero-order valence-electron chi connectivity index (χ0n) is 21.9. The van der Waals surface area contributed by atoms with Crippen molar-refractivity contribution >= 4 is 0 Å². The maximum atomic E-state index is 15.2. The lowest BCUT2D eigenvalue weighted by Gasteiger charge is -2.36. The number of rotatable bonds is 8. The molecule has 2 fully saturated rings. The van der Waals surface area contributed by atoms with E-state index in [1.54, 1.807) is 0 Å². The van der Waals surface area contributed by atoms with E-state index in [2.05, 4.69) is 6.92 Å². The highest BCUT2D eigenvalue weighted by Gasteiger charge is 2.37. The molecule has 0 bridgehead atoms.